The molecule has 0 saturated carbocycles. The van der Waals surface area contributed by atoms with Crippen LogP contribution in [0.25, 0.3) is 10.9 Å². The van der Waals surface area contributed by atoms with Crippen LogP contribution in [0.3, 0.4) is 0 Å². The summed E-state index contributed by atoms with van der Waals surface area (Å²) in [5.74, 6) is 2.40. The second-order valence-electron chi connectivity index (χ2n) is 7.72. The van der Waals surface area contributed by atoms with Crippen molar-refractivity contribution >= 4 is 28.6 Å². The number of aromatic nitrogens is 1. The molecule has 0 unspecified atom stereocenters. The van der Waals surface area contributed by atoms with Crippen LogP contribution in [0.5, 0.6) is 5.75 Å². The van der Waals surface area contributed by atoms with Gasteiger partial charge in [-0.15, -0.1) is 11.8 Å². The SMILES string of the molecule is CC(=O)n1c2c(c3ccccc31)OC(C)(C)[C@H]1CSc3ccccc3[C@@H]21. The van der Waals surface area contributed by atoms with Crippen molar-refractivity contribution in [1.29, 1.82) is 0 Å². The zero-order valence-electron chi connectivity index (χ0n) is 15.2. The minimum atomic E-state index is -0.288. The van der Waals surface area contributed by atoms with Gasteiger partial charge in [-0.25, -0.2) is 0 Å². The Morgan fingerprint density at radius 3 is 2.69 bits per heavy atom. The molecular formula is C22H21NO2S. The molecule has 0 N–H and O–H groups in total. The first-order valence-corrected chi connectivity index (χ1v) is 10.0. The van der Waals surface area contributed by atoms with E-state index in [1.807, 2.05) is 34.5 Å². The molecule has 2 aliphatic rings. The predicted octanol–water partition coefficient (Wildman–Crippen LogP) is 5.33. The van der Waals surface area contributed by atoms with Gasteiger partial charge in [-0.05, 0) is 37.6 Å². The molecule has 3 nitrogen and oxygen atoms in total. The lowest BCUT2D eigenvalue weighted by Crippen LogP contribution is -2.47. The summed E-state index contributed by atoms with van der Waals surface area (Å²) in [6.45, 7) is 6.01. The van der Waals surface area contributed by atoms with E-state index in [1.165, 1.54) is 10.5 Å². The number of benzene rings is 2. The predicted molar refractivity (Wildman–Crippen MR) is 105 cm³/mol. The van der Waals surface area contributed by atoms with Gasteiger partial charge in [-0.1, -0.05) is 30.3 Å². The maximum Gasteiger partial charge on any atom is 0.228 e. The molecule has 0 spiro atoms. The summed E-state index contributed by atoms with van der Waals surface area (Å²) in [4.78, 5) is 14.0. The van der Waals surface area contributed by atoms with E-state index in [1.54, 1.807) is 6.92 Å². The van der Waals surface area contributed by atoms with Gasteiger partial charge in [-0.3, -0.25) is 9.36 Å². The van der Waals surface area contributed by atoms with E-state index in [0.717, 1.165) is 28.1 Å². The first-order chi connectivity index (χ1) is 12.5. The summed E-state index contributed by atoms with van der Waals surface area (Å²) in [7, 11) is 0. The normalized spacial score (nSPS) is 22.9. The Kier molecular flexibility index (Phi) is 3.32. The average molecular weight is 363 g/mol. The first-order valence-electron chi connectivity index (χ1n) is 9.04. The minimum absolute atomic E-state index is 0.0419. The molecule has 0 fully saturated rings. The highest BCUT2D eigenvalue weighted by Gasteiger charge is 2.49. The summed E-state index contributed by atoms with van der Waals surface area (Å²) in [6, 6.07) is 16.7. The van der Waals surface area contributed by atoms with Gasteiger partial charge in [0, 0.05) is 34.8 Å². The number of carbonyl (C=O) groups is 1. The standard InChI is InChI=1S/C22H21NO2S/c1-13(24)23-17-10-6-4-8-14(17)21-20(23)19-15-9-5-7-11-18(15)26-12-16(19)22(2,3)25-21/h4-11,16,19H,12H2,1-3H3/t16-,19+/m0/s1. The zero-order valence-corrected chi connectivity index (χ0v) is 16.0. The van der Waals surface area contributed by atoms with Gasteiger partial charge in [0.25, 0.3) is 0 Å². The maximum atomic E-state index is 12.6. The Balaban J connectivity index is 1.90. The highest BCUT2D eigenvalue weighted by molar-refractivity contribution is 7.99. The van der Waals surface area contributed by atoms with Crippen LogP contribution in [-0.2, 0) is 0 Å². The van der Waals surface area contributed by atoms with E-state index in [2.05, 4.69) is 44.2 Å². The molecule has 26 heavy (non-hydrogen) atoms. The number of thioether (sulfide) groups is 1. The fourth-order valence-corrected chi connectivity index (χ4v) is 6.09. The molecule has 1 aromatic heterocycles. The van der Waals surface area contributed by atoms with Gasteiger partial charge >= 0.3 is 0 Å². The number of para-hydroxylation sites is 1. The van der Waals surface area contributed by atoms with E-state index < -0.39 is 0 Å². The molecule has 0 bridgehead atoms. The molecule has 132 valence electrons. The smallest absolute Gasteiger partial charge is 0.228 e. The molecule has 3 aromatic rings. The lowest BCUT2D eigenvalue weighted by atomic mass is 9.73. The molecular weight excluding hydrogens is 342 g/mol. The van der Waals surface area contributed by atoms with Crippen LogP contribution in [-0.4, -0.2) is 21.8 Å². The Labute approximate surface area is 157 Å². The Morgan fingerprint density at radius 1 is 1.15 bits per heavy atom. The van der Waals surface area contributed by atoms with Crippen molar-refractivity contribution in [3.63, 3.8) is 0 Å². The number of nitrogens with zero attached hydrogens (tertiary/aromatic N) is 1. The molecule has 2 aromatic carbocycles. The first kappa shape index (κ1) is 16.0. The minimum Gasteiger partial charge on any atom is -0.485 e. The van der Waals surface area contributed by atoms with E-state index in [4.69, 9.17) is 4.74 Å². The largest absolute Gasteiger partial charge is 0.485 e. The third-order valence-corrected chi connectivity index (χ3v) is 7.01. The molecule has 2 atom stereocenters. The molecule has 0 radical (unpaired) electrons. The van der Waals surface area contributed by atoms with Crippen molar-refractivity contribution in [2.24, 2.45) is 5.92 Å². The molecule has 0 saturated heterocycles. The van der Waals surface area contributed by atoms with E-state index in [-0.39, 0.29) is 17.4 Å². The Bertz CT molecular complexity index is 1050. The topological polar surface area (TPSA) is 31.2 Å². The maximum absolute atomic E-state index is 12.6. The fraction of sp³-hybridized carbons (Fsp3) is 0.318. The summed E-state index contributed by atoms with van der Waals surface area (Å²) in [5.41, 5.74) is 2.99. The van der Waals surface area contributed by atoms with Crippen molar-refractivity contribution in [2.45, 2.75) is 37.2 Å². The quantitative estimate of drug-likeness (QED) is 0.541. The van der Waals surface area contributed by atoms with Crippen LogP contribution in [0.15, 0.2) is 53.4 Å². The van der Waals surface area contributed by atoms with E-state index in [9.17, 15) is 4.79 Å². The van der Waals surface area contributed by atoms with Crippen LogP contribution < -0.4 is 4.74 Å². The Hall–Kier alpha value is -2.20. The zero-order chi connectivity index (χ0) is 18.1. The van der Waals surface area contributed by atoms with E-state index >= 15 is 0 Å². The van der Waals surface area contributed by atoms with Crippen molar-refractivity contribution in [2.75, 3.05) is 5.75 Å². The number of carbonyl (C=O) groups excluding carboxylic acids is 1. The van der Waals surface area contributed by atoms with Gasteiger partial charge in [0.2, 0.25) is 5.91 Å². The van der Waals surface area contributed by atoms with Crippen LogP contribution in [0.1, 0.15) is 42.7 Å². The molecule has 5 rings (SSSR count). The fourth-order valence-electron chi connectivity index (χ4n) is 4.60. The van der Waals surface area contributed by atoms with Crippen LogP contribution >= 0.6 is 11.8 Å². The highest BCUT2D eigenvalue weighted by atomic mass is 32.2. The lowest BCUT2D eigenvalue weighted by Gasteiger charge is -2.47. The van der Waals surface area contributed by atoms with Crippen LogP contribution in [0, 0.1) is 5.92 Å². The molecule has 2 aliphatic heterocycles. The third-order valence-electron chi connectivity index (χ3n) is 5.81. The molecule has 0 aliphatic carbocycles. The van der Waals surface area contributed by atoms with Crippen molar-refractivity contribution in [3.05, 3.63) is 59.8 Å². The second kappa shape index (κ2) is 5.40. The van der Waals surface area contributed by atoms with Crippen LogP contribution in [0.4, 0.5) is 0 Å². The molecule has 4 heteroatoms. The summed E-state index contributed by atoms with van der Waals surface area (Å²) < 4.78 is 8.44. The number of hydrogen-bond donors (Lipinski definition) is 0. The van der Waals surface area contributed by atoms with Crippen LogP contribution in [0.2, 0.25) is 0 Å². The van der Waals surface area contributed by atoms with Gasteiger partial charge in [0.05, 0.1) is 11.2 Å². The van der Waals surface area contributed by atoms with Gasteiger partial charge in [0.1, 0.15) is 11.4 Å². The van der Waals surface area contributed by atoms with Gasteiger partial charge in [-0.2, -0.15) is 0 Å². The number of fused-ring (bicyclic) bond motifs is 7. The summed E-state index contributed by atoms with van der Waals surface area (Å²) in [5, 5.41) is 1.03. The van der Waals surface area contributed by atoms with Crippen molar-refractivity contribution in [1.82, 2.24) is 4.57 Å². The van der Waals surface area contributed by atoms with Gasteiger partial charge < -0.3 is 4.74 Å². The monoisotopic (exact) mass is 363 g/mol. The highest BCUT2D eigenvalue weighted by Crippen LogP contribution is 2.56. The summed E-state index contributed by atoms with van der Waals surface area (Å²) in [6.07, 6.45) is 0. The average Bonchev–Trinajstić information content (AvgIpc) is 2.95. The second-order valence-corrected chi connectivity index (χ2v) is 8.79. The third kappa shape index (κ3) is 2.05. The Morgan fingerprint density at radius 2 is 1.88 bits per heavy atom. The van der Waals surface area contributed by atoms with Crippen molar-refractivity contribution < 1.29 is 9.53 Å². The molecule has 0 amide bonds. The number of hydrogen-bond acceptors (Lipinski definition) is 3. The molecule has 3 heterocycles. The summed E-state index contributed by atoms with van der Waals surface area (Å²) >= 11 is 1.90. The lowest BCUT2D eigenvalue weighted by molar-refractivity contribution is 0.0262. The van der Waals surface area contributed by atoms with Crippen molar-refractivity contribution in [3.8, 4) is 5.75 Å². The number of rotatable bonds is 0. The van der Waals surface area contributed by atoms with E-state index in [0.29, 0.717) is 5.92 Å². The van der Waals surface area contributed by atoms with Gasteiger partial charge in [0.15, 0.2) is 0 Å². The number of ether oxygens (including phenoxy) is 1.